The summed E-state index contributed by atoms with van der Waals surface area (Å²) < 4.78 is 0. The maximum atomic E-state index is 4.26. The minimum absolute atomic E-state index is 0.596. The number of benzene rings is 1. The summed E-state index contributed by atoms with van der Waals surface area (Å²) in [5.74, 6) is 0. The van der Waals surface area contributed by atoms with Crippen LogP contribution in [0.4, 0.5) is 0 Å². The third-order valence-corrected chi connectivity index (χ3v) is 4.78. The first-order valence-electron chi connectivity index (χ1n) is 7.81. The summed E-state index contributed by atoms with van der Waals surface area (Å²) in [5.41, 5.74) is 4.21. The van der Waals surface area contributed by atoms with Gasteiger partial charge >= 0.3 is 0 Å². The van der Waals surface area contributed by atoms with E-state index in [2.05, 4.69) is 52.4 Å². The van der Waals surface area contributed by atoms with E-state index in [9.17, 15) is 0 Å². The van der Waals surface area contributed by atoms with E-state index in [4.69, 9.17) is 0 Å². The van der Waals surface area contributed by atoms with Crippen molar-refractivity contribution in [1.82, 2.24) is 9.88 Å². The van der Waals surface area contributed by atoms with E-state index < -0.39 is 0 Å². The molecule has 0 radical (unpaired) electrons. The van der Waals surface area contributed by atoms with Gasteiger partial charge in [0.25, 0.3) is 0 Å². The van der Waals surface area contributed by atoms with Crippen LogP contribution in [0.25, 0.3) is 5.57 Å². The monoisotopic (exact) mass is 276 g/mol. The van der Waals surface area contributed by atoms with Gasteiger partial charge in [0, 0.05) is 31.0 Å². The third kappa shape index (κ3) is 2.52. The molecular formula is C19H20N2. The highest BCUT2D eigenvalue weighted by Gasteiger charge is 2.36. The molecule has 1 saturated heterocycles. The number of rotatable bonds is 3. The molecule has 0 saturated carbocycles. The van der Waals surface area contributed by atoms with Gasteiger partial charge in [-0.05, 0) is 42.0 Å². The Kier molecular flexibility index (Phi) is 3.32. The Bertz CT molecular complexity index is 633. The van der Waals surface area contributed by atoms with Gasteiger partial charge in [-0.25, -0.2) is 0 Å². The van der Waals surface area contributed by atoms with E-state index in [1.165, 1.54) is 29.5 Å². The highest BCUT2D eigenvalue weighted by Crippen LogP contribution is 2.39. The SMILES string of the molecule is C1=C(c2cccnc2)CC2CCC1N2Cc1ccccc1. The molecule has 3 heterocycles. The minimum Gasteiger partial charge on any atom is -0.289 e. The Labute approximate surface area is 126 Å². The Morgan fingerprint density at radius 3 is 2.71 bits per heavy atom. The number of hydrogen-bond donors (Lipinski definition) is 0. The summed E-state index contributed by atoms with van der Waals surface area (Å²) >= 11 is 0. The molecule has 1 fully saturated rings. The topological polar surface area (TPSA) is 16.1 Å². The van der Waals surface area contributed by atoms with Crippen LogP contribution in [0.2, 0.25) is 0 Å². The molecule has 2 bridgehead atoms. The fraction of sp³-hybridized carbons (Fsp3) is 0.316. The molecule has 2 nitrogen and oxygen atoms in total. The molecule has 2 aliphatic heterocycles. The number of fused-ring (bicyclic) bond motifs is 2. The number of pyridine rings is 1. The highest BCUT2D eigenvalue weighted by atomic mass is 15.2. The van der Waals surface area contributed by atoms with Gasteiger partial charge in [-0.15, -0.1) is 0 Å². The molecule has 0 spiro atoms. The van der Waals surface area contributed by atoms with E-state index in [0.717, 1.165) is 13.0 Å². The van der Waals surface area contributed by atoms with Crippen molar-refractivity contribution in [2.45, 2.75) is 37.9 Å². The fourth-order valence-electron chi connectivity index (χ4n) is 3.73. The van der Waals surface area contributed by atoms with Crippen molar-refractivity contribution in [2.24, 2.45) is 0 Å². The van der Waals surface area contributed by atoms with Crippen molar-refractivity contribution < 1.29 is 0 Å². The molecule has 21 heavy (non-hydrogen) atoms. The van der Waals surface area contributed by atoms with Crippen LogP contribution in [0.5, 0.6) is 0 Å². The van der Waals surface area contributed by atoms with Crippen molar-refractivity contribution in [1.29, 1.82) is 0 Å². The second kappa shape index (κ2) is 5.45. The number of nitrogens with zero attached hydrogens (tertiary/aromatic N) is 2. The molecule has 2 aliphatic rings. The van der Waals surface area contributed by atoms with Crippen LogP contribution in [-0.2, 0) is 6.54 Å². The zero-order chi connectivity index (χ0) is 14.1. The Morgan fingerprint density at radius 2 is 1.95 bits per heavy atom. The summed E-state index contributed by atoms with van der Waals surface area (Å²) in [6.07, 6.45) is 10.1. The molecule has 106 valence electrons. The van der Waals surface area contributed by atoms with Gasteiger partial charge in [-0.3, -0.25) is 9.88 Å². The summed E-state index contributed by atoms with van der Waals surface area (Å²) in [5, 5.41) is 0. The zero-order valence-electron chi connectivity index (χ0n) is 12.2. The Hall–Kier alpha value is -1.93. The summed E-state index contributed by atoms with van der Waals surface area (Å²) in [6.45, 7) is 1.08. The van der Waals surface area contributed by atoms with E-state index in [1.807, 2.05) is 18.5 Å². The predicted molar refractivity (Wildman–Crippen MR) is 85.6 cm³/mol. The summed E-state index contributed by atoms with van der Waals surface area (Å²) in [4.78, 5) is 6.94. The maximum Gasteiger partial charge on any atom is 0.0342 e. The van der Waals surface area contributed by atoms with Crippen LogP contribution in [0.3, 0.4) is 0 Å². The summed E-state index contributed by atoms with van der Waals surface area (Å²) in [7, 11) is 0. The first-order valence-corrected chi connectivity index (χ1v) is 7.81. The molecule has 0 aliphatic carbocycles. The van der Waals surface area contributed by atoms with Gasteiger partial charge in [-0.1, -0.05) is 42.5 Å². The molecule has 0 N–H and O–H groups in total. The first-order chi connectivity index (χ1) is 10.4. The normalized spacial score (nSPS) is 24.9. The molecule has 0 amide bonds. The van der Waals surface area contributed by atoms with Crippen molar-refractivity contribution in [3.63, 3.8) is 0 Å². The fourth-order valence-corrected chi connectivity index (χ4v) is 3.73. The van der Waals surface area contributed by atoms with Crippen molar-refractivity contribution in [3.05, 3.63) is 72.1 Å². The van der Waals surface area contributed by atoms with Gasteiger partial charge in [0.2, 0.25) is 0 Å². The van der Waals surface area contributed by atoms with Crippen molar-refractivity contribution >= 4 is 5.57 Å². The minimum atomic E-state index is 0.596. The lowest BCUT2D eigenvalue weighted by Crippen LogP contribution is -2.37. The standard InChI is InChI=1S/C19H20N2/c1-2-5-15(6-3-1)14-21-18-8-9-19(21)12-17(11-18)16-7-4-10-20-13-16/h1-7,10-11,13,18-19H,8-9,12,14H2. The molecule has 4 rings (SSSR count). The molecule has 2 aromatic rings. The molecule has 2 heteroatoms. The second-order valence-corrected chi connectivity index (χ2v) is 6.09. The van der Waals surface area contributed by atoms with Crippen molar-refractivity contribution in [2.75, 3.05) is 0 Å². The average Bonchev–Trinajstić information content (AvgIpc) is 2.78. The van der Waals surface area contributed by atoms with E-state index >= 15 is 0 Å². The highest BCUT2D eigenvalue weighted by molar-refractivity contribution is 5.67. The molecular weight excluding hydrogens is 256 g/mol. The summed E-state index contributed by atoms with van der Waals surface area (Å²) in [6, 6.07) is 16.3. The molecule has 2 unspecified atom stereocenters. The molecule has 2 atom stereocenters. The Balaban J connectivity index is 1.57. The van der Waals surface area contributed by atoms with E-state index in [-0.39, 0.29) is 0 Å². The first kappa shape index (κ1) is 12.8. The molecule has 1 aromatic heterocycles. The van der Waals surface area contributed by atoms with Gasteiger partial charge in [0.05, 0.1) is 0 Å². The van der Waals surface area contributed by atoms with Crippen molar-refractivity contribution in [3.8, 4) is 0 Å². The number of aromatic nitrogens is 1. The largest absolute Gasteiger partial charge is 0.289 e. The Morgan fingerprint density at radius 1 is 1.05 bits per heavy atom. The van der Waals surface area contributed by atoms with Crippen LogP contribution in [0, 0.1) is 0 Å². The van der Waals surface area contributed by atoms with E-state index in [1.54, 1.807) is 0 Å². The lowest BCUT2D eigenvalue weighted by molar-refractivity contribution is 0.203. The second-order valence-electron chi connectivity index (χ2n) is 6.09. The zero-order valence-corrected chi connectivity index (χ0v) is 12.2. The van der Waals surface area contributed by atoms with Crippen LogP contribution in [-0.4, -0.2) is 22.0 Å². The lowest BCUT2D eigenvalue weighted by atomic mass is 9.95. The van der Waals surface area contributed by atoms with Gasteiger partial charge < -0.3 is 0 Å². The van der Waals surface area contributed by atoms with Gasteiger partial charge in [0.15, 0.2) is 0 Å². The van der Waals surface area contributed by atoms with Crippen LogP contribution in [0.15, 0.2) is 60.9 Å². The quantitative estimate of drug-likeness (QED) is 0.845. The smallest absolute Gasteiger partial charge is 0.0342 e. The number of hydrogen-bond acceptors (Lipinski definition) is 2. The van der Waals surface area contributed by atoms with Crippen LogP contribution in [0.1, 0.15) is 30.4 Å². The molecule has 1 aromatic carbocycles. The van der Waals surface area contributed by atoms with Crippen LogP contribution >= 0.6 is 0 Å². The van der Waals surface area contributed by atoms with Gasteiger partial charge in [0.1, 0.15) is 0 Å². The van der Waals surface area contributed by atoms with Crippen LogP contribution < -0.4 is 0 Å². The van der Waals surface area contributed by atoms with E-state index in [0.29, 0.717) is 12.1 Å². The lowest BCUT2D eigenvalue weighted by Gasteiger charge is -2.34. The maximum absolute atomic E-state index is 4.26. The average molecular weight is 276 g/mol. The predicted octanol–water partition coefficient (Wildman–Crippen LogP) is 3.90. The van der Waals surface area contributed by atoms with Gasteiger partial charge in [-0.2, -0.15) is 0 Å². The third-order valence-electron chi connectivity index (χ3n) is 4.78.